The van der Waals surface area contributed by atoms with Crippen LogP contribution >= 0.6 is 0 Å². The van der Waals surface area contributed by atoms with Gasteiger partial charge in [0.1, 0.15) is 6.10 Å². The Morgan fingerprint density at radius 1 is 1.15 bits per heavy atom. The zero-order valence-electron chi connectivity index (χ0n) is 15.3. The van der Waals surface area contributed by atoms with Crippen LogP contribution in [0.4, 0.5) is 0 Å². The summed E-state index contributed by atoms with van der Waals surface area (Å²) >= 11 is 0. The molecule has 1 amide bonds. The predicted molar refractivity (Wildman–Crippen MR) is 98.0 cm³/mol. The maximum atomic E-state index is 12.6. The van der Waals surface area contributed by atoms with Gasteiger partial charge in [-0.2, -0.15) is 4.68 Å². The maximum absolute atomic E-state index is 12.6. The first-order valence-electron chi connectivity index (χ1n) is 9.44. The Kier molecular flexibility index (Phi) is 5.42. The topological polar surface area (TPSA) is 102 Å². The number of carbonyl (C=O) groups excluding carboxylic acids is 1. The molecular weight excluding hydrogens is 346 g/mol. The SMILES string of the molecule is NC[C@H]1CC[C@@H](C(=O)N2CCN(Cc3nnnn3-c3ccccc3)CC2)O1. The van der Waals surface area contributed by atoms with Crippen molar-refractivity contribution in [3.05, 3.63) is 36.2 Å². The molecular formula is C18H25N7O2. The van der Waals surface area contributed by atoms with E-state index in [4.69, 9.17) is 10.5 Å². The summed E-state index contributed by atoms with van der Waals surface area (Å²) in [7, 11) is 0. The Hall–Kier alpha value is -2.36. The highest BCUT2D eigenvalue weighted by Crippen LogP contribution is 2.21. The summed E-state index contributed by atoms with van der Waals surface area (Å²) in [5.74, 6) is 0.894. The molecule has 0 unspecified atom stereocenters. The highest BCUT2D eigenvalue weighted by molar-refractivity contribution is 5.81. The second-order valence-electron chi connectivity index (χ2n) is 7.00. The summed E-state index contributed by atoms with van der Waals surface area (Å²) in [6.45, 7) is 4.10. The van der Waals surface area contributed by atoms with Gasteiger partial charge in [-0.3, -0.25) is 9.69 Å². The number of carbonyl (C=O) groups is 1. The van der Waals surface area contributed by atoms with Crippen LogP contribution in [0.2, 0.25) is 0 Å². The first-order chi connectivity index (χ1) is 13.2. The molecule has 0 bridgehead atoms. The molecule has 1 aromatic carbocycles. The average molecular weight is 371 g/mol. The highest BCUT2D eigenvalue weighted by atomic mass is 16.5. The number of benzene rings is 1. The number of amides is 1. The molecule has 2 fully saturated rings. The Morgan fingerprint density at radius 3 is 2.63 bits per heavy atom. The second-order valence-corrected chi connectivity index (χ2v) is 7.00. The molecule has 2 atom stereocenters. The van der Waals surface area contributed by atoms with Crippen LogP contribution in [0.25, 0.3) is 5.69 Å². The molecule has 2 N–H and O–H groups in total. The van der Waals surface area contributed by atoms with Crippen LogP contribution in [-0.2, 0) is 16.1 Å². The molecule has 2 saturated heterocycles. The fourth-order valence-corrected chi connectivity index (χ4v) is 3.66. The third-order valence-electron chi connectivity index (χ3n) is 5.23. The number of tetrazole rings is 1. The fourth-order valence-electron chi connectivity index (χ4n) is 3.66. The number of hydrogen-bond acceptors (Lipinski definition) is 7. The molecule has 2 aliphatic rings. The van der Waals surface area contributed by atoms with Gasteiger partial charge in [-0.05, 0) is 35.4 Å². The molecule has 0 aliphatic carbocycles. The molecule has 9 nitrogen and oxygen atoms in total. The number of aromatic nitrogens is 4. The Morgan fingerprint density at radius 2 is 1.93 bits per heavy atom. The van der Waals surface area contributed by atoms with Gasteiger partial charge in [0.15, 0.2) is 5.82 Å². The monoisotopic (exact) mass is 371 g/mol. The number of piperazine rings is 1. The van der Waals surface area contributed by atoms with E-state index in [0.29, 0.717) is 26.2 Å². The lowest BCUT2D eigenvalue weighted by Crippen LogP contribution is -2.51. The van der Waals surface area contributed by atoms with Crippen molar-refractivity contribution in [1.29, 1.82) is 0 Å². The number of para-hydroxylation sites is 1. The van der Waals surface area contributed by atoms with Crippen LogP contribution in [0.5, 0.6) is 0 Å². The van der Waals surface area contributed by atoms with Gasteiger partial charge in [0, 0.05) is 32.7 Å². The van der Waals surface area contributed by atoms with Crippen molar-refractivity contribution in [3.63, 3.8) is 0 Å². The van der Waals surface area contributed by atoms with Gasteiger partial charge in [0.2, 0.25) is 0 Å². The van der Waals surface area contributed by atoms with Crippen molar-refractivity contribution in [1.82, 2.24) is 30.0 Å². The number of nitrogens with two attached hydrogens (primary N) is 1. The van der Waals surface area contributed by atoms with Gasteiger partial charge in [0.25, 0.3) is 5.91 Å². The number of nitrogens with zero attached hydrogens (tertiary/aromatic N) is 6. The summed E-state index contributed by atoms with van der Waals surface area (Å²) in [5.41, 5.74) is 6.58. The molecule has 144 valence electrons. The van der Waals surface area contributed by atoms with E-state index in [2.05, 4.69) is 20.4 Å². The summed E-state index contributed by atoms with van der Waals surface area (Å²) in [4.78, 5) is 16.8. The maximum Gasteiger partial charge on any atom is 0.251 e. The van der Waals surface area contributed by atoms with Crippen molar-refractivity contribution < 1.29 is 9.53 Å². The fraction of sp³-hybridized carbons (Fsp3) is 0.556. The number of rotatable bonds is 5. The van der Waals surface area contributed by atoms with E-state index in [0.717, 1.165) is 37.4 Å². The van der Waals surface area contributed by atoms with Crippen LogP contribution in [0.3, 0.4) is 0 Å². The van der Waals surface area contributed by atoms with E-state index < -0.39 is 0 Å². The third-order valence-corrected chi connectivity index (χ3v) is 5.23. The van der Waals surface area contributed by atoms with Crippen molar-refractivity contribution >= 4 is 5.91 Å². The zero-order valence-corrected chi connectivity index (χ0v) is 15.3. The normalized spacial score (nSPS) is 23.7. The molecule has 27 heavy (non-hydrogen) atoms. The van der Waals surface area contributed by atoms with Crippen molar-refractivity contribution in [2.24, 2.45) is 5.73 Å². The van der Waals surface area contributed by atoms with Gasteiger partial charge in [0.05, 0.1) is 18.3 Å². The predicted octanol–water partition coefficient (Wildman–Crippen LogP) is -0.187. The molecule has 3 heterocycles. The summed E-state index contributed by atoms with van der Waals surface area (Å²) in [6, 6.07) is 9.85. The minimum absolute atomic E-state index is 0.0251. The van der Waals surface area contributed by atoms with Crippen LogP contribution < -0.4 is 5.73 Å². The first-order valence-corrected chi connectivity index (χ1v) is 9.44. The first kappa shape index (κ1) is 18.0. The van der Waals surface area contributed by atoms with Crippen LogP contribution in [0, 0.1) is 0 Å². The van der Waals surface area contributed by atoms with Gasteiger partial charge in [-0.25, -0.2) is 0 Å². The standard InChI is InChI=1S/C18H25N7O2/c19-12-15-6-7-16(27-15)18(26)24-10-8-23(9-11-24)13-17-20-21-22-25(17)14-4-2-1-3-5-14/h1-5,15-16H,6-13,19H2/t15-,16+/m1/s1. The second kappa shape index (κ2) is 8.12. The Labute approximate surface area is 158 Å². The molecule has 2 aliphatic heterocycles. The summed E-state index contributed by atoms with van der Waals surface area (Å²) in [5, 5.41) is 12.1. The molecule has 2 aromatic rings. The number of hydrogen-bond donors (Lipinski definition) is 1. The van der Waals surface area contributed by atoms with E-state index in [1.807, 2.05) is 35.2 Å². The molecule has 0 radical (unpaired) electrons. The van der Waals surface area contributed by atoms with Gasteiger partial charge >= 0.3 is 0 Å². The smallest absolute Gasteiger partial charge is 0.251 e. The zero-order chi connectivity index (χ0) is 18.6. The lowest BCUT2D eigenvalue weighted by Gasteiger charge is -2.35. The van der Waals surface area contributed by atoms with E-state index in [-0.39, 0.29) is 18.1 Å². The quantitative estimate of drug-likeness (QED) is 0.777. The van der Waals surface area contributed by atoms with E-state index in [1.54, 1.807) is 4.68 Å². The van der Waals surface area contributed by atoms with Gasteiger partial charge < -0.3 is 15.4 Å². The molecule has 9 heteroatoms. The van der Waals surface area contributed by atoms with E-state index >= 15 is 0 Å². The Bertz CT molecular complexity index is 758. The lowest BCUT2D eigenvalue weighted by atomic mass is 10.1. The van der Waals surface area contributed by atoms with E-state index in [9.17, 15) is 4.79 Å². The molecule has 1 aromatic heterocycles. The summed E-state index contributed by atoms with van der Waals surface area (Å²) < 4.78 is 7.50. The minimum atomic E-state index is -0.324. The minimum Gasteiger partial charge on any atom is -0.364 e. The number of ether oxygens (including phenoxy) is 1. The summed E-state index contributed by atoms with van der Waals surface area (Å²) in [6.07, 6.45) is 1.34. The van der Waals surface area contributed by atoms with Crippen LogP contribution in [0.15, 0.2) is 30.3 Å². The van der Waals surface area contributed by atoms with Crippen molar-refractivity contribution in [2.75, 3.05) is 32.7 Å². The highest BCUT2D eigenvalue weighted by Gasteiger charge is 2.34. The largest absolute Gasteiger partial charge is 0.364 e. The van der Waals surface area contributed by atoms with Gasteiger partial charge in [-0.1, -0.05) is 18.2 Å². The third kappa shape index (κ3) is 4.00. The van der Waals surface area contributed by atoms with Crippen LogP contribution in [0.1, 0.15) is 18.7 Å². The van der Waals surface area contributed by atoms with Gasteiger partial charge in [-0.15, -0.1) is 5.10 Å². The molecule has 4 rings (SSSR count). The average Bonchev–Trinajstić information content (AvgIpc) is 3.38. The van der Waals surface area contributed by atoms with Crippen molar-refractivity contribution in [3.8, 4) is 5.69 Å². The van der Waals surface area contributed by atoms with E-state index in [1.165, 1.54) is 0 Å². The Balaban J connectivity index is 1.32. The van der Waals surface area contributed by atoms with Crippen LogP contribution in [-0.4, -0.2) is 80.8 Å². The van der Waals surface area contributed by atoms with Crippen molar-refractivity contribution in [2.45, 2.75) is 31.6 Å². The lowest BCUT2D eigenvalue weighted by molar-refractivity contribution is -0.144. The molecule has 0 spiro atoms. The molecule has 0 saturated carbocycles.